The lowest BCUT2D eigenvalue weighted by Gasteiger charge is -2.04. The highest BCUT2D eigenvalue weighted by molar-refractivity contribution is 9.10. The highest BCUT2D eigenvalue weighted by Gasteiger charge is 2.23. The van der Waals surface area contributed by atoms with Gasteiger partial charge in [0.25, 0.3) is 0 Å². The highest BCUT2D eigenvalue weighted by atomic mass is 79.9. The topological polar surface area (TPSA) is 64.9 Å². The molecule has 0 amide bonds. The van der Waals surface area contributed by atoms with E-state index in [-0.39, 0.29) is 6.54 Å². The van der Waals surface area contributed by atoms with Crippen LogP contribution in [0.2, 0.25) is 0 Å². The first-order valence-corrected chi connectivity index (χ1v) is 7.43. The van der Waals surface area contributed by atoms with Crippen LogP contribution in [-0.2, 0) is 6.54 Å². The van der Waals surface area contributed by atoms with Crippen LogP contribution in [0.25, 0.3) is 11.4 Å². The fourth-order valence-electron chi connectivity index (χ4n) is 1.56. The van der Waals surface area contributed by atoms with Crippen LogP contribution in [0.3, 0.4) is 0 Å². The van der Waals surface area contributed by atoms with E-state index in [1.807, 2.05) is 23.9 Å². The molecule has 0 spiro atoms. The van der Waals surface area contributed by atoms with Crippen molar-refractivity contribution in [3.8, 4) is 11.4 Å². The lowest BCUT2D eigenvalue weighted by atomic mass is 10.2. The molecule has 0 bridgehead atoms. The lowest BCUT2D eigenvalue weighted by Crippen LogP contribution is -1.95. The standard InChI is InChI=1S/C12H12BrN3OS/c13-9-5-7(12-15-11(6-14)17-16-12)1-4-10(9)18-8-2-3-8/h1,4-5,8H,2-3,6,14H2. The Hall–Kier alpha value is -0.850. The number of hydrogen-bond donors (Lipinski definition) is 1. The number of halogens is 1. The molecule has 3 rings (SSSR count). The minimum absolute atomic E-state index is 0.268. The Kier molecular flexibility index (Phi) is 3.41. The Morgan fingerprint density at radius 3 is 2.89 bits per heavy atom. The molecule has 1 saturated carbocycles. The first-order valence-electron chi connectivity index (χ1n) is 5.75. The van der Waals surface area contributed by atoms with Crippen molar-refractivity contribution in [3.05, 3.63) is 28.6 Å². The van der Waals surface area contributed by atoms with E-state index < -0.39 is 0 Å². The number of aromatic nitrogens is 2. The maximum atomic E-state index is 5.45. The largest absolute Gasteiger partial charge is 0.338 e. The van der Waals surface area contributed by atoms with E-state index in [2.05, 4.69) is 32.1 Å². The summed E-state index contributed by atoms with van der Waals surface area (Å²) < 4.78 is 6.09. The molecule has 18 heavy (non-hydrogen) atoms. The van der Waals surface area contributed by atoms with Crippen molar-refractivity contribution in [3.63, 3.8) is 0 Å². The van der Waals surface area contributed by atoms with Crippen molar-refractivity contribution in [2.24, 2.45) is 5.73 Å². The number of nitrogens with two attached hydrogens (primary N) is 1. The van der Waals surface area contributed by atoms with Gasteiger partial charge in [-0.15, -0.1) is 11.8 Å². The third-order valence-corrected chi connectivity index (χ3v) is 4.98. The smallest absolute Gasteiger partial charge is 0.240 e. The van der Waals surface area contributed by atoms with Crippen molar-refractivity contribution in [1.29, 1.82) is 0 Å². The van der Waals surface area contributed by atoms with Gasteiger partial charge in [-0.1, -0.05) is 5.16 Å². The van der Waals surface area contributed by atoms with Gasteiger partial charge in [-0.3, -0.25) is 0 Å². The summed E-state index contributed by atoms with van der Waals surface area (Å²) >= 11 is 5.51. The third-order valence-electron chi connectivity index (χ3n) is 2.65. The van der Waals surface area contributed by atoms with E-state index in [1.165, 1.54) is 17.7 Å². The molecule has 1 fully saturated rings. The molecule has 0 unspecified atom stereocenters. The molecule has 1 aromatic carbocycles. The molecule has 1 aromatic heterocycles. The van der Waals surface area contributed by atoms with Crippen LogP contribution >= 0.6 is 27.7 Å². The van der Waals surface area contributed by atoms with Gasteiger partial charge in [0.05, 0.1) is 6.54 Å². The molecule has 1 heterocycles. The van der Waals surface area contributed by atoms with Gasteiger partial charge in [0.1, 0.15) is 0 Å². The second kappa shape index (κ2) is 5.03. The predicted molar refractivity (Wildman–Crippen MR) is 74.2 cm³/mol. The first kappa shape index (κ1) is 12.2. The van der Waals surface area contributed by atoms with E-state index in [1.54, 1.807) is 0 Å². The molecular weight excluding hydrogens is 314 g/mol. The van der Waals surface area contributed by atoms with Gasteiger partial charge in [-0.2, -0.15) is 4.98 Å². The van der Waals surface area contributed by atoms with E-state index >= 15 is 0 Å². The van der Waals surface area contributed by atoms with Gasteiger partial charge in [0.2, 0.25) is 11.7 Å². The van der Waals surface area contributed by atoms with Gasteiger partial charge in [-0.25, -0.2) is 0 Å². The molecular formula is C12H12BrN3OS. The number of benzene rings is 1. The molecule has 0 atom stereocenters. The highest BCUT2D eigenvalue weighted by Crippen LogP contribution is 2.42. The van der Waals surface area contributed by atoms with Gasteiger partial charge in [0, 0.05) is 20.2 Å². The molecule has 4 nitrogen and oxygen atoms in total. The maximum Gasteiger partial charge on any atom is 0.240 e. The molecule has 2 aromatic rings. The fourth-order valence-corrected chi connectivity index (χ4v) is 3.26. The molecule has 94 valence electrons. The van der Waals surface area contributed by atoms with Gasteiger partial charge >= 0.3 is 0 Å². The van der Waals surface area contributed by atoms with Crippen molar-refractivity contribution in [2.75, 3.05) is 0 Å². The van der Waals surface area contributed by atoms with Crippen LogP contribution in [0.5, 0.6) is 0 Å². The summed E-state index contributed by atoms with van der Waals surface area (Å²) in [4.78, 5) is 5.48. The molecule has 2 N–H and O–H groups in total. The quantitative estimate of drug-likeness (QED) is 0.934. The summed E-state index contributed by atoms with van der Waals surface area (Å²) in [7, 11) is 0. The average Bonchev–Trinajstić information content (AvgIpc) is 3.06. The van der Waals surface area contributed by atoms with Crippen molar-refractivity contribution >= 4 is 27.7 Å². The Morgan fingerprint density at radius 1 is 1.44 bits per heavy atom. The van der Waals surface area contributed by atoms with Crippen molar-refractivity contribution in [1.82, 2.24) is 10.1 Å². The maximum absolute atomic E-state index is 5.45. The zero-order valence-electron chi connectivity index (χ0n) is 9.60. The molecule has 1 aliphatic rings. The SMILES string of the molecule is NCc1nc(-c2ccc(SC3CC3)c(Br)c2)no1. The van der Waals surface area contributed by atoms with Crippen LogP contribution < -0.4 is 5.73 Å². The van der Waals surface area contributed by atoms with Gasteiger partial charge in [-0.05, 0) is 47.0 Å². The monoisotopic (exact) mass is 325 g/mol. The molecule has 0 aliphatic heterocycles. The van der Waals surface area contributed by atoms with Crippen LogP contribution in [0, 0.1) is 0 Å². The number of hydrogen-bond acceptors (Lipinski definition) is 5. The van der Waals surface area contributed by atoms with Gasteiger partial charge in [0.15, 0.2) is 0 Å². The first-order chi connectivity index (χ1) is 8.76. The zero-order valence-corrected chi connectivity index (χ0v) is 12.0. The summed E-state index contributed by atoms with van der Waals surface area (Å²) in [6, 6.07) is 6.14. The Bertz CT molecular complexity index is 568. The molecule has 0 saturated heterocycles. The molecule has 0 radical (unpaired) electrons. The fraction of sp³-hybridized carbons (Fsp3) is 0.333. The van der Waals surface area contributed by atoms with Crippen molar-refractivity contribution in [2.45, 2.75) is 29.5 Å². The summed E-state index contributed by atoms with van der Waals surface area (Å²) in [6.07, 6.45) is 2.65. The van der Waals surface area contributed by atoms with Crippen LogP contribution in [-0.4, -0.2) is 15.4 Å². The normalized spacial score (nSPS) is 15.0. The van der Waals surface area contributed by atoms with Gasteiger partial charge < -0.3 is 10.3 Å². The Morgan fingerprint density at radius 2 is 2.28 bits per heavy atom. The second-order valence-electron chi connectivity index (χ2n) is 4.18. The van der Waals surface area contributed by atoms with E-state index in [9.17, 15) is 0 Å². The molecule has 6 heteroatoms. The Labute approximate surface area is 117 Å². The summed E-state index contributed by atoms with van der Waals surface area (Å²) in [5, 5.41) is 4.70. The minimum atomic E-state index is 0.268. The predicted octanol–water partition coefficient (Wildman–Crippen LogP) is 3.21. The minimum Gasteiger partial charge on any atom is -0.338 e. The Balaban J connectivity index is 1.86. The van der Waals surface area contributed by atoms with E-state index in [4.69, 9.17) is 10.3 Å². The summed E-state index contributed by atoms with van der Waals surface area (Å²) in [6.45, 7) is 0.268. The molecule has 1 aliphatic carbocycles. The second-order valence-corrected chi connectivity index (χ2v) is 6.37. The average molecular weight is 326 g/mol. The van der Waals surface area contributed by atoms with E-state index in [0.29, 0.717) is 11.7 Å². The lowest BCUT2D eigenvalue weighted by molar-refractivity contribution is 0.380. The van der Waals surface area contributed by atoms with Crippen LogP contribution in [0.1, 0.15) is 18.7 Å². The van der Waals surface area contributed by atoms with Crippen molar-refractivity contribution < 1.29 is 4.52 Å². The zero-order chi connectivity index (χ0) is 12.5. The van der Waals surface area contributed by atoms with Crippen LogP contribution in [0.15, 0.2) is 32.1 Å². The number of nitrogens with zero attached hydrogens (tertiary/aromatic N) is 2. The van der Waals surface area contributed by atoms with E-state index in [0.717, 1.165) is 15.3 Å². The third kappa shape index (κ3) is 2.60. The summed E-state index contributed by atoms with van der Waals surface area (Å²) in [5.74, 6) is 1.04. The summed E-state index contributed by atoms with van der Waals surface area (Å²) in [5.41, 5.74) is 6.38. The number of rotatable bonds is 4. The number of thioether (sulfide) groups is 1. The van der Waals surface area contributed by atoms with Crippen LogP contribution in [0.4, 0.5) is 0 Å².